The first-order valence-corrected chi connectivity index (χ1v) is 17.7. The molecule has 1 heterocycles. The number of ether oxygens (including phenoxy) is 3. The average molecular weight is 729 g/mol. The molecule has 5 rings (SSSR count). The van der Waals surface area contributed by atoms with E-state index in [0.717, 1.165) is 38.2 Å². The zero-order valence-electron chi connectivity index (χ0n) is 29.8. The maximum Gasteiger partial charge on any atom is 0.328 e. The fourth-order valence-electron chi connectivity index (χ4n) is 6.87. The zero-order chi connectivity index (χ0) is 37.2. The van der Waals surface area contributed by atoms with Crippen molar-refractivity contribution in [2.75, 3.05) is 27.9 Å². The first kappa shape index (κ1) is 38.1. The number of nitrogens with one attached hydrogen (secondary N) is 4. The number of allylic oxidation sites excluding steroid dienone is 1. The predicted octanol–water partition coefficient (Wildman–Crippen LogP) is 5.28. The summed E-state index contributed by atoms with van der Waals surface area (Å²) < 4.78 is 17.5. The highest BCUT2D eigenvalue weighted by Crippen LogP contribution is 2.48. The molecule has 52 heavy (non-hydrogen) atoms. The Hall–Kier alpha value is -5.13. The maximum atomic E-state index is 14.1. The molecule has 3 atom stereocenters. The second-order valence-corrected chi connectivity index (χ2v) is 13.0. The number of halogens is 1. The number of hydrogen-bond acceptors (Lipinski definition) is 8. The van der Waals surface area contributed by atoms with Crippen LogP contribution in [0.2, 0.25) is 0 Å². The van der Waals surface area contributed by atoms with Gasteiger partial charge in [0.2, 0.25) is 17.7 Å². The highest BCUT2D eigenvalue weighted by Gasteiger charge is 2.31. The molecule has 4 aromatic carbocycles. The van der Waals surface area contributed by atoms with Crippen LogP contribution in [0.15, 0.2) is 72.8 Å². The Morgan fingerprint density at radius 2 is 1.44 bits per heavy atom. The van der Waals surface area contributed by atoms with Gasteiger partial charge in [0, 0.05) is 31.0 Å². The van der Waals surface area contributed by atoms with Gasteiger partial charge < -0.3 is 30.2 Å². The summed E-state index contributed by atoms with van der Waals surface area (Å²) >= 11 is 5.65. The smallest absolute Gasteiger partial charge is 0.328 e. The summed E-state index contributed by atoms with van der Waals surface area (Å²) in [6.45, 7) is 1.84. The lowest BCUT2D eigenvalue weighted by atomic mass is 9.87. The molecule has 0 saturated heterocycles. The predicted molar refractivity (Wildman–Crippen MR) is 202 cm³/mol. The third-order valence-electron chi connectivity index (χ3n) is 9.26. The first-order chi connectivity index (χ1) is 25.2. The van der Waals surface area contributed by atoms with Gasteiger partial charge in [-0.05, 0) is 88.7 Å². The summed E-state index contributed by atoms with van der Waals surface area (Å²) in [5, 5.41) is 12.2. The molecule has 0 radical (unpaired) electrons. The number of methoxy groups -OCH3 is 3. The minimum Gasteiger partial charge on any atom is -0.496 e. The molecule has 1 unspecified atom stereocenters. The minimum atomic E-state index is -1.08. The van der Waals surface area contributed by atoms with Crippen molar-refractivity contribution in [3.05, 3.63) is 83.9 Å². The van der Waals surface area contributed by atoms with Gasteiger partial charge in [0.15, 0.2) is 0 Å². The van der Waals surface area contributed by atoms with Crippen molar-refractivity contribution >= 4 is 57.0 Å². The topological polar surface area (TPSA) is 144 Å². The SMILES string of the molecule is COC(=O)[C@@H]1CC=CCc2cc3ccccc3c(c2OC)-c2c(OC)c(cc3ccccc23)CC(NC(C)=O)C(=O)N[C@@H](CCCCNCl)C(=O)N1. The van der Waals surface area contributed by atoms with Crippen LogP contribution in [0.5, 0.6) is 11.5 Å². The van der Waals surface area contributed by atoms with E-state index in [4.69, 9.17) is 26.0 Å². The Labute approximate surface area is 308 Å². The molecule has 4 N–H and O–H groups in total. The number of benzene rings is 4. The third kappa shape index (κ3) is 8.66. The van der Waals surface area contributed by atoms with Gasteiger partial charge in [-0.3, -0.25) is 14.4 Å². The Bertz CT molecular complexity index is 1980. The summed E-state index contributed by atoms with van der Waals surface area (Å²) in [6, 6.07) is 16.9. The molecule has 11 nitrogen and oxygen atoms in total. The van der Waals surface area contributed by atoms with Crippen molar-refractivity contribution in [3.8, 4) is 22.6 Å². The molecular weight excluding hydrogens is 684 g/mol. The molecule has 12 heteroatoms. The fraction of sp³-hybridized carbons (Fsp3) is 0.350. The van der Waals surface area contributed by atoms with E-state index in [1.165, 1.54) is 14.0 Å². The van der Waals surface area contributed by atoms with Gasteiger partial charge in [0.25, 0.3) is 0 Å². The van der Waals surface area contributed by atoms with Crippen LogP contribution < -0.4 is 30.3 Å². The van der Waals surface area contributed by atoms with E-state index >= 15 is 0 Å². The number of hydrogen-bond donors (Lipinski definition) is 4. The lowest BCUT2D eigenvalue weighted by molar-refractivity contribution is -0.145. The van der Waals surface area contributed by atoms with Gasteiger partial charge in [-0.2, -0.15) is 0 Å². The van der Waals surface area contributed by atoms with E-state index in [-0.39, 0.29) is 19.3 Å². The van der Waals surface area contributed by atoms with Crippen LogP contribution in [0.3, 0.4) is 0 Å². The molecule has 0 spiro atoms. The van der Waals surface area contributed by atoms with Gasteiger partial charge in [-0.15, -0.1) is 0 Å². The standard InChI is InChI=1S/C40H45ClN4O7/c1-24(46)43-33-23-28-22-26-14-6-9-17-30(26)35(37(28)51-3)34-29-16-8-5-13-25(29)21-27(36(34)50-2)15-7-10-19-32(40(49)52-4)45-38(47)31(44-39(33)48)18-11-12-20-42-41/h5-10,13-14,16-17,21-22,31-33,42H,11-12,15,18-20,23H2,1-4H3,(H,43,46)(H,44,48)(H,45,47)/t31-,32-,33?/m0/s1. The quantitative estimate of drug-likeness (QED) is 0.0789. The van der Waals surface area contributed by atoms with Gasteiger partial charge in [-0.1, -0.05) is 60.7 Å². The van der Waals surface area contributed by atoms with Crippen LogP contribution in [0.1, 0.15) is 43.7 Å². The number of carbonyl (C=O) groups excluding carboxylic acids is 4. The molecule has 1 aliphatic rings. The van der Waals surface area contributed by atoms with Gasteiger partial charge in [0.1, 0.15) is 29.6 Å². The van der Waals surface area contributed by atoms with Crippen molar-refractivity contribution in [2.45, 2.75) is 63.6 Å². The summed E-state index contributed by atoms with van der Waals surface area (Å²) in [4.78, 5) is 55.9. The van der Waals surface area contributed by atoms with Crippen LogP contribution >= 0.6 is 11.8 Å². The highest BCUT2D eigenvalue weighted by molar-refractivity contribution is 6.13. The summed E-state index contributed by atoms with van der Waals surface area (Å²) in [5.41, 5.74) is 3.17. The molecular formula is C40H45ClN4O7. The molecule has 3 amide bonds. The van der Waals surface area contributed by atoms with E-state index in [9.17, 15) is 19.2 Å². The van der Waals surface area contributed by atoms with E-state index in [0.29, 0.717) is 42.9 Å². The van der Waals surface area contributed by atoms with Crippen LogP contribution in [0.4, 0.5) is 0 Å². The first-order valence-electron chi connectivity index (χ1n) is 17.3. The van der Waals surface area contributed by atoms with Crippen molar-refractivity contribution in [2.24, 2.45) is 0 Å². The normalized spacial score (nSPS) is 18.1. The lowest BCUT2D eigenvalue weighted by Crippen LogP contribution is -2.56. The van der Waals surface area contributed by atoms with Crippen LogP contribution in [0.25, 0.3) is 32.7 Å². The number of fused-ring (bicyclic) bond motifs is 9. The monoisotopic (exact) mass is 728 g/mol. The van der Waals surface area contributed by atoms with E-state index in [2.05, 4.69) is 26.9 Å². The molecule has 1 aliphatic heterocycles. The number of esters is 1. The van der Waals surface area contributed by atoms with Crippen LogP contribution in [-0.4, -0.2) is 69.7 Å². The van der Waals surface area contributed by atoms with Gasteiger partial charge >= 0.3 is 5.97 Å². The molecule has 0 fully saturated rings. The van der Waals surface area contributed by atoms with Gasteiger partial charge in [-0.25, -0.2) is 9.63 Å². The van der Waals surface area contributed by atoms with Crippen molar-refractivity contribution in [1.82, 2.24) is 20.8 Å². The Balaban J connectivity index is 1.76. The third-order valence-corrected chi connectivity index (χ3v) is 9.45. The fourth-order valence-corrected chi connectivity index (χ4v) is 7.00. The summed E-state index contributed by atoms with van der Waals surface area (Å²) in [5.74, 6) is -0.986. The summed E-state index contributed by atoms with van der Waals surface area (Å²) in [7, 11) is 4.48. The van der Waals surface area contributed by atoms with Crippen LogP contribution in [0, 0.1) is 0 Å². The largest absolute Gasteiger partial charge is 0.496 e. The lowest BCUT2D eigenvalue weighted by Gasteiger charge is -2.26. The van der Waals surface area contributed by atoms with Crippen molar-refractivity contribution < 1.29 is 33.4 Å². The Morgan fingerprint density at radius 1 is 0.827 bits per heavy atom. The molecule has 4 bridgehead atoms. The van der Waals surface area contributed by atoms with E-state index < -0.39 is 41.8 Å². The Kier molecular flexibility index (Phi) is 13.1. The van der Waals surface area contributed by atoms with Crippen molar-refractivity contribution in [1.29, 1.82) is 0 Å². The van der Waals surface area contributed by atoms with Crippen molar-refractivity contribution in [3.63, 3.8) is 0 Å². The minimum absolute atomic E-state index is 0.0460. The molecule has 0 aromatic heterocycles. The average Bonchev–Trinajstić information content (AvgIpc) is 3.14. The maximum absolute atomic E-state index is 14.1. The molecule has 274 valence electrons. The summed E-state index contributed by atoms with van der Waals surface area (Å²) in [6.07, 6.45) is 5.85. The zero-order valence-corrected chi connectivity index (χ0v) is 30.6. The van der Waals surface area contributed by atoms with Crippen LogP contribution in [-0.2, 0) is 36.8 Å². The second-order valence-electron chi connectivity index (χ2n) is 12.7. The number of carbonyl (C=O) groups is 4. The van der Waals surface area contributed by atoms with E-state index in [1.54, 1.807) is 14.2 Å². The number of amides is 3. The molecule has 0 saturated carbocycles. The van der Waals surface area contributed by atoms with Gasteiger partial charge in [0.05, 0.1) is 21.3 Å². The molecule has 0 aliphatic carbocycles. The highest BCUT2D eigenvalue weighted by atomic mass is 35.5. The number of rotatable bonds is 9. The van der Waals surface area contributed by atoms with E-state index in [1.807, 2.05) is 66.7 Å². The molecule has 4 aromatic rings. The number of unbranched alkanes of at least 4 members (excludes halogenated alkanes) is 1. The second kappa shape index (κ2) is 17.9. The Morgan fingerprint density at radius 3 is 2.04 bits per heavy atom.